The summed E-state index contributed by atoms with van der Waals surface area (Å²) in [6, 6.07) is 7.38. The van der Waals surface area contributed by atoms with Gasteiger partial charge < -0.3 is 29.4 Å². The standard InChI is InChI=1S/C27H35N3O6/c1-2-34-21-18-22(36-17-11-30-8-14-33-15-9-30)26(28)25-24(21)23-19(27(25)31)4-3-5-20(23)35-16-10-29-6-12-32-13-7-29/h3-5,18H,2,6-17,28H2,1H3. The maximum Gasteiger partial charge on any atom is 0.196 e. The van der Waals surface area contributed by atoms with E-state index in [4.69, 9.17) is 29.4 Å². The fraction of sp³-hybridized carbons (Fsp3) is 0.519. The minimum absolute atomic E-state index is 0.129. The molecule has 3 aliphatic rings. The first-order valence-corrected chi connectivity index (χ1v) is 12.8. The number of morpholine rings is 2. The Morgan fingerprint density at radius 2 is 1.42 bits per heavy atom. The minimum Gasteiger partial charge on any atom is -0.493 e. The average Bonchev–Trinajstić information content (AvgIpc) is 3.22. The summed E-state index contributed by atoms with van der Waals surface area (Å²) in [4.78, 5) is 18.1. The van der Waals surface area contributed by atoms with Crippen molar-refractivity contribution in [2.24, 2.45) is 0 Å². The molecule has 0 unspecified atom stereocenters. The van der Waals surface area contributed by atoms with E-state index in [9.17, 15) is 4.79 Å². The van der Waals surface area contributed by atoms with Crippen LogP contribution in [0.4, 0.5) is 5.69 Å². The Kier molecular flexibility index (Phi) is 7.91. The largest absolute Gasteiger partial charge is 0.493 e. The highest BCUT2D eigenvalue weighted by Gasteiger charge is 2.36. The second-order valence-corrected chi connectivity index (χ2v) is 9.08. The Hall–Kier alpha value is -2.85. The number of rotatable bonds is 10. The molecule has 2 N–H and O–H groups in total. The molecule has 2 aliphatic heterocycles. The molecule has 9 nitrogen and oxygen atoms in total. The first-order chi connectivity index (χ1) is 17.7. The van der Waals surface area contributed by atoms with Crippen LogP contribution in [0.2, 0.25) is 0 Å². The van der Waals surface area contributed by atoms with Crippen molar-refractivity contribution >= 4 is 11.5 Å². The van der Waals surface area contributed by atoms with Crippen LogP contribution >= 0.6 is 0 Å². The third kappa shape index (κ3) is 5.15. The van der Waals surface area contributed by atoms with E-state index < -0.39 is 0 Å². The number of nitrogens with two attached hydrogens (primary N) is 1. The molecule has 0 spiro atoms. The number of fused-ring (bicyclic) bond motifs is 3. The van der Waals surface area contributed by atoms with Crippen molar-refractivity contribution in [2.45, 2.75) is 6.92 Å². The predicted molar refractivity (Wildman–Crippen MR) is 136 cm³/mol. The monoisotopic (exact) mass is 497 g/mol. The van der Waals surface area contributed by atoms with Crippen molar-refractivity contribution in [3.63, 3.8) is 0 Å². The van der Waals surface area contributed by atoms with Crippen LogP contribution in [0.1, 0.15) is 22.8 Å². The Morgan fingerprint density at radius 3 is 2.03 bits per heavy atom. The molecule has 0 atom stereocenters. The number of ether oxygens (including phenoxy) is 5. The number of anilines is 1. The summed E-state index contributed by atoms with van der Waals surface area (Å²) in [6.45, 7) is 11.4. The van der Waals surface area contributed by atoms with E-state index >= 15 is 0 Å². The van der Waals surface area contributed by atoms with Crippen LogP contribution in [0.15, 0.2) is 24.3 Å². The van der Waals surface area contributed by atoms with Crippen molar-refractivity contribution in [1.29, 1.82) is 0 Å². The molecule has 0 saturated carbocycles. The highest BCUT2D eigenvalue weighted by atomic mass is 16.5. The lowest BCUT2D eigenvalue weighted by Crippen LogP contribution is -2.38. The van der Waals surface area contributed by atoms with Crippen LogP contribution in [-0.4, -0.2) is 101 Å². The zero-order valence-corrected chi connectivity index (χ0v) is 20.9. The number of carbonyl (C=O) groups is 1. The molecule has 2 heterocycles. The molecule has 0 amide bonds. The van der Waals surface area contributed by atoms with Gasteiger partial charge in [-0.2, -0.15) is 0 Å². The van der Waals surface area contributed by atoms with Crippen molar-refractivity contribution < 1.29 is 28.5 Å². The number of nitrogens with zero attached hydrogens (tertiary/aromatic N) is 2. The van der Waals surface area contributed by atoms with E-state index in [0.29, 0.717) is 59.4 Å². The van der Waals surface area contributed by atoms with Gasteiger partial charge >= 0.3 is 0 Å². The van der Waals surface area contributed by atoms with Crippen LogP contribution in [0.25, 0.3) is 11.1 Å². The maximum atomic E-state index is 13.5. The molecule has 36 heavy (non-hydrogen) atoms. The van der Waals surface area contributed by atoms with Crippen molar-refractivity contribution in [3.8, 4) is 28.4 Å². The summed E-state index contributed by atoms with van der Waals surface area (Å²) in [7, 11) is 0. The number of hydrogen-bond donors (Lipinski definition) is 1. The van der Waals surface area contributed by atoms with Gasteiger partial charge in [0.1, 0.15) is 30.5 Å². The second-order valence-electron chi connectivity index (χ2n) is 9.08. The van der Waals surface area contributed by atoms with Gasteiger partial charge in [0.2, 0.25) is 0 Å². The molecule has 1 aliphatic carbocycles. The number of carbonyl (C=O) groups excluding carboxylic acids is 1. The fourth-order valence-electron chi connectivity index (χ4n) is 4.97. The molecule has 0 radical (unpaired) electrons. The van der Waals surface area contributed by atoms with E-state index in [-0.39, 0.29) is 5.78 Å². The second kappa shape index (κ2) is 11.5. The smallest absolute Gasteiger partial charge is 0.196 e. The number of nitrogen functional groups attached to an aromatic ring is 1. The Morgan fingerprint density at radius 1 is 0.806 bits per heavy atom. The summed E-state index contributed by atoms with van der Waals surface area (Å²) in [5.74, 6) is 1.59. The van der Waals surface area contributed by atoms with Crippen LogP contribution in [0, 0.1) is 0 Å². The maximum absolute atomic E-state index is 13.5. The third-order valence-electron chi connectivity index (χ3n) is 6.88. The molecular weight excluding hydrogens is 462 g/mol. The highest BCUT2D eigenvalue weighted by Crippen LogP contribution is 2.51. The van der Waals surface area contributed by atoms with Gasteiger partial charge in [-0.25, -0.2) is 0 Å². The van der Waals surface area contributed by atoms with Crippen molar-refractivity contribution in [1.82, 2.24) is 9.80 Å². The highest BCUT2D eigenvalue weighted by molar-refractivity contribution is 6.26. The molecule has 2 fully saturated rings. The number of hydrogen-bond acceptors (Lipinski definition) is 9. The Labute approximate surface area is 212 Å². The molecule has 2 aromatic rings. The van der Waals surface area contributed by atoms with E-state index in [2.05, 4.69) is 9.80 Å². The van der Waals surface area contributed by atoms with Gasteiger partial charge in [-0.05, 0) is 13.0 Å². The lowest BCUT2D eigenvalue weighted by molar-refractivity contribution is 0.0322. The summed E-state index contributed by atoms with van der Waals surface area (Å²) in [5.41, 5.74) is 9.33. The summed E-state index contributed by atoms with van der Waals surface area (Å²) >= 11 is 0. The lowest BCUT2D eigenvalue weighted by atomic mass is 10.0. The van der Waals surface area contributed by atoms with Gasteiger partial charge in [0.15, 0.2) is 5.78 Å². The number of ketones is 1. The Bertz CT molecular complexity index is 1080. The minimum atomic E-state index is -0.129. The summed E-state index contributed by atoms with van der Waals surface area (Å²) in [5, 5.41) is 0. The third-order valence-corrected chi connectivity index (χ3v) is 6.88. The molecule has 5 rings (SSSR count). The van der Waals surface area contributed by atoms with Crippen molar-refractivity contribution in [3.05, 3.63) is 35.4 Å². The fourth-order valence-corrected chi connectivity index (χ4v) is 4.97. The number of benzene rings is 2. The van der Waals surface area contributed by atoms with E-state index in [1.54, 1.807) is 0 Å². The lowest BCUT2D eigenvalue weighted by Gasteiger charge is -2.26. The van der Waals surface area contributed by atoms with Gasteiger partial charge in [0, 0.05) is 62.0 Å². The van der Waals surface area contributed by atoms with Gasteiger partial charge in [-0.3, -0.25) is 14.6 Å². The van der Waals surface area contributed by atoms with Crippen LogP contribution in [0.5, 0.6) is 17.2 Å². The molecule has 194 valence electrons. The molecular formula is C27H35N3O6. The van der Waals surface area contributed by atoms with E-state index in [1.165, 1.54) is 0 Å². The van der Waals surface area contributed by atoms with Gasteiger partial charge in [0.25, 0.3) is 0 Å². The van der Waals surface area contributed by atoms with Crippen LogP contribution in [0.3, 0.4) is 0 Å². The average molecular weight is 498 g/mol. The van der Waals surface area contributed by atoms with E-state index in [1.807, 2.05) is 31.2 Å². The summed E-state index contributed by atoms with van der Waals surface area (Å²) in [6.07, 6.45) is 0. The summed E-state index contributed by atoms with van der Waals surface area (Å²) < 4.78 is 29.1. The van der Waals surface area contributed by atoms with Gasteiger partial charge in [-0.15, -0.1) is 0 Å². The normalized spacial score (nSPS) is 18.1. The van der Waals surface area contributed by atoms with Crippen LogP contribution in [-0.2, 0) is 9.47 Å². The quantitative estimate of drug-likeness (QED) is 0.423. The topological polar surface area (TPSA) is 95.7 Å². The Balaban J connectivity index is 1.38. The molecule has 2 saturated heterocycles. The molecule has 0 aromatic heterocycles. The van der Waals surface area contributed by atoms with Crippen molar-refractivity contribution in [2.75, 3.05) is 91.3 Å². The molecule has 9 heteroatoms. The van der Waals surface area contributed by atoms with Crippen LogP contribution < -0.4 is 19.9 Å². The molecule has 0 bridgehead atoms. The zero-order chi connectivity index (χ0) is 24.9. The van der Waals surface area contributed by atoms with E-state index in [0.717, 1.165) is 71.3 Å². The SMILES string of the molecule is CCOc1cc(OCCN2CCOCC2)c(N)c2c1-c1c(OCCN3CCOCC3)cccc1C2=O. The zero-order valence-electron chi connectivity index (χ0n) is 20.9. The van der Waals surface area contributed by atoms with Gasteiger partial charge in [0.05, 0.1) is 44.3 Å². The van der Waals surface area contributed by atoms with Gasteiger partial charge in [-0.1, -0.05) is 12.1 Å². The predicted octanol–water partition coefficient (Wildman–Crippen LogP) is 2.30. The first kappa shape index (κ1) is 24.8. The molecule has 2 aromatic carbocycles. The first-order valence-electron chi connectivity index (χ1n) is 12.8.